The van der Waals surface area contributed by atoms with Crippen LogP contribution in [0.15, 0.2) is 24.5 Å². The van der Waals surface area contributed by atoms with Gasteiger partial charge in [0.05, 0.1) is 5.57 Å². The predicted octanol–water partition coefficient (Wildman–Crippen LogP) is 1.14. The van der Waals surface area contributed by atoms with Crippen LogP contribution in [0.2, 0.25) is 0 Å². The molecule has 88 valence electrons. The van der Waals surface area contributed by atoms with Gasteiger partial charge >= 0.3 is 11.9 Å². The molecule has 0 radical (unpaired) electrons. The number of esters is 2. The lowest BCUT2D eigenvalue weighted by Gasteiger charge is -2.01. The van der Waals surface area contributed by atoms with Gasteiger partial charge in [0.2, 0.25) is 0 Å². The van der Waals surface area contributed by atoms with Crippen molar-refractivity contribution < 1.29 is 23.9 Å². The summed E-state index contributed by atoms with van der Waals surface area (Å²) < 4.78 is 9.25. The molecule has 0 aromatic carbocycles. The third-order valence-corrected chi connectivity index (χ3v) is 1.41. The highest BCUT2D eigenvalue weighted by Gasteiger charge is 2.08. The van der Waals surface area contributed by atoms with Crippen molar-refractivity contribution in [1.29, 1.82) is 0 Å². The minimum atomic E-state index is -0.705. The number of carbonyl (C=O) groups is 3. The summed E-state index contributed by atoms with van der Waals surface area (Å²) in [6, 6.07) is 0. The Bertz CT molecular complexity index is 327. The van der Waals surface area contributed by atoms with Crippen molar-refractivity contribution in [2.24, 2.45) is 0 Å². The Kier molecular flexibility index (Phi) is 6.51. The molecule has 0 N–H and O–H groups in total. The van der Waals surface area contributed by atoms with E-state index in [1.807, 2.05) is 0 Å². The first-order valence-corrected chi connectivity index (χ1v) is 4.61. The third-order valence-electron chi connectivity index (χ3n) is 1.41. The number of hydrogen-bond acceptors (Lipinski definition) is 5. The van der Waals surface area contributed by atoms with Crippen molar-refractivity contribution in [3.05, 3.63) is 24.5 Å². The number of ketones is 1. The molecule has 0 unspecified atom stereocenters. The maximum absolute atomic E-state index is 11.1. The fraction of sp³-hybridized carbons (Fsp3) is 0.364. The highest BCUT2D eigenvalue weighted by Crippen LogP contribution is 1.99. The van der Waals surface area contributed by atoms with E-state index in [0.29, 0.717) is 0 Å². The molecule has 0 aromatic heterocycles. The molecule has 0 aliphatic carbocycles. The van der Waals surface area contributed by atoms with Crippen LogP contribution in [0, 0.1) is 0 Å². The van der Waals surface area contributed by atoms with Crippen molar-refractivity contribution in [2.75, 3.05) is 6.61 Å². The van der Waals surface area contributed by atoms with Gasteiger partial charge in [0.1, 0.15) is 25.1 Å². The molecule has 0 aliphatic heterocycles. The van der Waals surface area contributed by atoms with Crippen LogP contribution in [0.5, 0.6) is 0 Å². The van der Waals surface area contributed by atoms with Gasteiger partial charge in [-0.1, -0.05) is 12.7 Å². The number of hydrogen-bond donors (Lipinski definition) is 0. The molecular weight excluding hydrogens is 212 g/mol. The van der Waals surface area contributed by atoms with Gasteiger partial charge in [-0.25, -0.2) is 4.79 Å². The molecule has 5 heteroatoms. The molecule has 0 saturated carbocycles. The second-order valence-electron chi connectivity index (χ2n) is 3.06. The van der Waals surface area contributed by atoms with Crippen molar-refractivity contribution in [1.82, 2.24) is 0 Å². The quantitative estimate of drug-likeness (QED) is 0.223. The monoisotopic (exact) mass is 226 g/mol. The van der Waals surface area contributed by atoms with E-state index < -0.39 is 11.9 Å². The van der Waals surface area contributed by atoms with E-state index >= 15 is 0 Å². The summed E-state index contributed by atoms with van der Waals surface area (Å²) in [5.41, 5.74) is 0.138. The zero-order valence-corrected chi connectivity index (χ0v) is 9.32. The molecular formula is C11H14O5. The van der Waals surface area contributed by atoms with Gasteiger partial charge in [-0.2, -0.15) is 0 Å². The Labute approximate surface area is 93.7 Å². The lowest BCUT2D eigenvalue weighted by molar-refractivity contribution is -0.140. The summed E-state index contributed by atoms with van der Waals surface area (Å²) >= 11 is 0. The smallest absolute Gasteiger partial charge is 0.337 e. The summed E-state index contributed by atoms with van der Waals surface area (Å²) in [6.45, 7) is 6.18. The molecule has 0 fully saturated rings. The van der Waals surface area contributed by atoms with Crippen molar-refractivity contribution in [2.45, 2.75) is 20.3 Å². The molecule has 0 aliphatic rings. The van der Waals surface area contributed by atoms with Crippen LogP contribution < -0.4 is 0 Å². The average Bonchev–Trinajstić information content (AvgIpc) is 2.21. The molecule has 0 atom stereocenters. The van der Waals surface area contributed by atoms with Crippen molar-refractivity contribution >= 4 is 17.7 Å². The fourth-order valence-electron chi connectivity index (χ4n) is 0.696. The van der Waals surface area contributed by atoms with E-state index in [4.69, 9.17) is 0 Å². The van der Waals surface area contributed by atoms with Gasteiger partial charge in [-0.05, 0) is 13.8 Å². The molecule has 0 saturated heterocycles. The molecule has 0 spiro atoms. The Balaban J connectivity index is 4.12. The normalized spacial score (nSPS) is 10.5. The average molecular weight is 226 g/mol. The minimum absolute atomic E-state index is 0.0887. The maximum Gasteiger partial charge on any atom is 0.337 e. The second-order valence-corrected chi connectivity index (χ2v) is 3.06. The zero-order chi connectivity index (χ0) is 12.6. The molecule has 0 rings (SSSR count). The zero-order valence-electron chi connectivity index (χ0n) is 9.32. The van der Waals surface area contributed by atoms with E-state index in [2.05, 4.69) is 16.1 Å². The SMILES string of the molecule is C=CCOC(=O)C(C)=COC(=O)CC(C)=O. The molecule has 0 bridgehead atoms. The van der Waals surface area contributed by atoms with Gasteiger partial charge in [-0.3, -0.25) is 9.59 Å². The molecule has 0 heterocycles. The standard InChI is InChI=1S/C11H14O5/c1-4-5-15-11(14)8(2)7-16-10(13)6-9(3)12/h4,7H,1,5-6H2,2-3H3. The lowest BCUT2D eigenvalue weighted by atomic mass is 10.3. The highest BCUT2D eigenvalue weighted by molar-refractivity contribution is 5.94. The van der Waals surface area contributed by atoms with Gasteiger partial charge < -0.3 is 9.47 Å². The number of Topliss-reactive ketones (excluding diaryl/α,β-unsaturated/α-hetero) is 1. The largest absolute Gasteiger partial charge is 0.458 e. The number of carbonyl (C=O) groups excluding carboxylic acids is 3. The highest BCUT2D eigenvalue weighted by atomic mass is 16.5. The Morgan fingerprint density at radius 2 is 1.88 bits per heavy atom. The Morgan fingerprint density at radius 3 is 2.38 bits per heavy atom. The van der Waals surface area contributed by atoms with Gasteiger partial charge in [-0.15, -0.1) is 0 Å². The summed E-state index contributed by atoms with van der Waals surface area (Å²) in [5, 5.41) is 0. The van der Waals surface area contributed by atoms with Gasteiger partial charge in [0, 0.05) is 0 Å². The summed E-state index contributed by atoms with van der Waals surface area (Å²) in [7, 11) is 0. The lowest BCUT2D eigenvalue weighted by Crippen LogP contribution is -2.09. The van der Waals surface area contributed by atoms with E-state index in [-0.39, 0.29) is 24.4 Å². The molecule has 16 heavy (non-hydrogen) atoms. The van der Waals surface area contributed by atoms with Crippen LogP contribution in [-0.4, -0.2) is 24.3 Å². The first-order chi connectivity index (χ1) is 7.47. The van der Waals surface area contributed by atoms with E-state index in [1.54, 1.807) is 0 Å². The number of rotatable bonds is 6. The second kappa shape index (κ2) is 7.39. The molecule has 5 nitrogen and oxygen atoms in total. The summed E-state index contributed by atoms with van der Waals surface area (Å²) in [6.07, 6.45) is 2.08. The van der Waals surface area contributed by atoms with E-state index in [9.17, 15) is 14.4 Å². The predicted molar refractivity (Wildman–Crippen MR) is 56.3 cm³/mol. The van der Waals surface area contributed by atoms with E-state index in [0.717, 1.165) is 6.26 Å². The van der Waals surface area contributed by atoms with Crippen LogP contribution in [0.3, 0.4) is 0 Å². The van der Waals surface area contributed by atoms with Gasteiger partial charge in [0.15, 0.2) is 0 Å². The van der Waals surface area contributed by atoms with Crippen LogP contribution in [0.1, 0.15) is 20.3 Å². The summed E-state index contributed by atoms with van der Waals surface area (Å²) in [5.74, 6) is -1.61. The summed E-state index contributed by atoms with van der Waals surface area (Å²) in [4.78, 5) is 32.6. The first-order valence-electron chi connectivity index (χ1n) is 4.61. The maximum atomic E-state index is 11.1. The molecule has 0 amide bonds. The Hall–Kier alpha value is -1.91. The van der Waals surface area contributed by atoms with Crippen LogP contribution in [0.25, 0.3) is 0 Å². The van der Waals surface area contributed by atoms with Crippen LogP contribution >= 0.6 is 0 Å². The first kappa shape index (κ1) is 14.1. The number of ether oxygens (including phenoxy) is 2. The Morgan fingerprint density at radius 1 is 1.25 bits per heavy atom. The van der Waals surface area contributed by atoms with Crippen LogP contribution in [0.4, 0.5) is 0 Å². The fourth-order valence-corrected chi connectivity index (χ4v) is 0.696. The molecule has 0 aromatic rings. The van der Waals surface area contributed by atoms with Crippen LogP contribution in [-0.2, 0) is 23.9 Å². The third kappa shape index (κ3) is 6.53. The topological polar surface area (TPSA) is 69.7 Å². The van der Waals surface area contributed by atoms with Crippen molar-refractivity contribution in [3.8, 4) is 0 Å². The minimum Gasteiger partial charge on any atom is -0.458 e. The van der Waals surface area contributed by atoms with Gasteiger partial charge in [0.25, 0.3) is 0 Å². The van der Waals surface area contributed by atoms with Crippen molar-refractivity contribution in [3.63, 3.8) is 0 Å². The van der Waals surface area contributed by atoms with E-state index in [1.165, 1.54) is 19.9 Å².